The van der Waals surface area contributed by atoms with Crippen molar-refractivity contribution in [3.63, 3.8) is 0 Å². The maximum Gasteiger partial charge on any atom is 0.137 e. The van der Waals surface area contributed by atoms with Crippen LogP contribution >= 0.6 is 34.8 Å². The Morgan fingerprint density at radius 1 is 1.17 bits per heavy atom. The molecule has 0 aliphatic heterocycles. The van der Waals surface area contributed by atoms with Crippen molar-refractivity contribution < 1.29 is 0 Å². The SMILES string of the molecule is N#CCc1ccnc(Cl)c1-c1cc(Cl)ccc1Cl. The van der Waals surface area contributed by atoms with E-state index in [4.69, 9.17) is 40.1 Å². The number of pyridine rings is 1. The molecule has 5 heteroatoms. The quantitative estimate of drug-likeness (QED) is 0.748. The fraction of sp³-hybridized carbons (Fsp3) is 0.0769. The number of nitrogens with zero attached hydrogens (tertiary/aromatic N) is 2. The molecule has 0 spiro atoms. The van der Waals surface area contributed by atoms with Gasteiger partial charge < -0.3 is 0 Å². The third-order valence-corrected chi connectivity index (χ3v) is 3.31. The summed E-state index contributed by atoms with van der Waals surface area (Å²) in [6.45, 7) is 0. The zero-order chi connectivity index (χ0) is 13.1. The second kappa shape index (κ2) is 5.58. The van der Waals surface area contributed by atoms with Gasteiger partial charge in [-0.25, -0.2) is 4.98 Å². The van der Waals surface area contributed by atoms with E-state index in [1.165, 1.54) is 0 Å². The van der Waals surface area contributed by atoms with Gasteiger partial charge in [0.25, 0.3) is 0 Å². The standard InChI is InChI=1S/C13H7Cl3N2/c14-9-1-2-11(15)10(7-9)12-8(3-5-17)4-6-18-13(12)16/h1-2,4,6-7H,3H2. The van der Waals surface area contributed by atoms with Gasteiger partial charge in [-0.05, 0) is 29.8 Å². The fourth-order valence-electron chi connectivity index (χ4n) is 1.68. The molecule has 0 atom stereocenters. The molecule has 0 amide bonds. The number of hydrogen-bond acceptors (Lipinski definition) is 2. The van der Waals surface area contributed by atoms with E-state index in [1.54, 1.807) is 30.5 Å². The van der Waals surface area contributed by atoms with Crippen LogP contribution in [0.2, 0.25) is 15.2 Å². The van der Waals surface area contributed by atoms with Gasteiger partial charge in [0.2, 0.25) is 0 Å². The zero-order valence-corrected chi connectivity index (χ0v) is 11.4. The molecule has 90 valence electrons. The van der Waals surface area contributed by atoms with E-state index < -0.39 is 0 Å². The highest BCUT2D eigenvalue weighted by Gasteiger charge is 2.14. The van der Waals surface area contributed by atoms with Crippen LogP contribution in [0.1, 0.15) is 5.56 Å². The Labute approximate surface area is 120 Å². The first-order valence-electron chi connectivity index (χ1n) is 5.09. The first-order chi connectivity index (χ1) is 8.63. The van der Waals surface area contributed by atoms with Crippen molar-refractivity contribution >= 4 is 34.8 Å². The predicted molar refractivity (Wildman–Crippen MR) is 74.0 cm³/mol. The highest BCUT2D eigenvalue weighted by Crippen LogP contribution is 2.36. The number of hydrogen-bond donors (Lipinski definition) is 0. The molecule has 18 heavy (non-hydrogen) atoms. The first-order valence-corrected chi connectivity index (χ1v) is 6.22. The van der Waals surface area contributed by atoms with Gasteiger partial charge in [0, 0.05) is 27.4 Å². The Bertz CT molecular complexity index is 633. The summed E-state index contributed by atoms with van der Waals surface area (Å²) in [5.41, 5.74) is 2.13. The molecule has 0 aliphatic carbocycles. The summed E-state index contributed by atoms with van der Waals surface area (Å²) in [6, 6.07) is 8.95. The van der Waals surface area contributed by atoms with Gasteiger partial charge in [-0.2, -0.15) is 5.26 Å². The van der Waals surface area contributed by atoms with Crippen LogP contribution in [-0.2, 0) is 6.42 Å². The van der Waals surface area contributed by atoms with Crippen LogP contribution in [0, 0.1) is 11.3 Å². The van der Waals surface area contributed by atoms with E-state index in [-0.39, 0.29) is 6.42 Å². The average Bonchev–Trinajstić information content (AvgIpc) is 2.34. The largest absolute Gasteiger partial charge is 0.244 e. The lowest BCUT2D eigenvalue weighted by Gasteiger charge is -2.10. The van der Waals surface area contributed by atoms with E-state index in [0.717, 1.165) is 5.56 Å². The Hall–Kier alpha value is -1.27. The zero-order valence-electron chi connectivity index (χ0n) is 9.12. The van der Waals surface area contributed by atoms with Gasteiger partial charge in [0.05, 0.1) is 12.5 Å². The molecule has 2 nitrogen and oxygen atoms in total. The van der Waals surface area contributed by atoms with Gasteiger partial charge >= 0.3 is 0 Å². The van der Waals surface area contributed by atoms with Crippen molar-refractivity contribution in [3.05, 3.63) is 51.2 Å². The van der Waals surface area contributed by atoms with Gasteiger partial charge in [0.1, 0.15) is 5.15 Å². The predicted octanol–water partition coefficient (Wildman–Crippen LogP) is 4.77. The molecule has 0 aliphatic rings. The van der Waals surface area contributed by atoms with Gasteiger partial charge in [-0.1, -0.05) is 34.8 Å². The van der Waals surface area contributed by atoms with Crippen molar-refractivity contribution in [3.8, 4) is 17.2 Å². The van der Waals surface area contributed by atoms with Gasteiger partial charge in [0.15, 0.2) is 0 Å². The molecule has 1 aromatic heterocycles. The van der Waals surface area contributed by atoms with Crippen LogP contribution in [0.4, 0.5) is 0 Å². The molecule has 0 unspecified atom stereocenters. The second-order valence-electron chi connectivity index (χ2n) is 3.59. The molecule has 0 saturated carbocycles. The van der Waals surface area contributed by atoms with Gasteiger partial charge in [-0.15, -0.1) is 0 Å². The Morgan fingerprint density at radius 2 is 1.94 bits per heavy atom. The van der Waals surface area contributed by atoms with E-state index in [9.17, 15) is 0 Å². The van der Waals surface area contributed by atoms with Gasteiger partial charge in [-0.3, -0.25) is 0 Å². The molecule has 2 rings (SSSR count). The summed E-state index contributed by atoms with van der Waals surface area (Å²) in [6.07, 6.45) is 1.80. The average molecular weight is 298 g/mol. The normalized spacial score (nSPS) is 10.1. The lowest BCUT2D eigenvalue weighted by molar-refractivity contribution is 1.21. The summed E-state index contributed by atoms with van der Waals surface area (Å²) in [4.78, 5) is 4.02. The number of benzene rings is 1. The number of halogens is 3. The van der Waals surface area contributed by atoms with Crippen LogP contribution in [-0.4, -0.2) is 4.98 Å². The van der Waals surface area contributed by atoms with Crippen molar-refractivity contribution in [1.29, 1.82) is 5.26 Å². The highest BCUT2D eigenvalue weighted by atomic mass is 35.5. The fourth-order valence-corrected chi connectivity index (χ4v) is 2.34. The number of rotatable bonds is 2. The molecular formula is C13H7Cl3N2. The number of nitriles is 1. The Balaban J connectivity index is 2.70. The summed E-state index contributed by atoms with van der Waals surface area (Å²) in [5, 5.41) is 10.2. The van der Waals surface area contributed by atoms with Crippen molar-refractivity contribution in [1.82, 2.24) is 4.98 Å². The van der Waals surface area contributed by atoms with Crippen LogP contribution < -0.4 is 0 Å². The Morgan fingerprint density at radius 3 is 2.67 bits per heavy atom. The highest BCUT2D eigenvalue weighted by molar-refractivity contribution is 6.37. The Kier molecular flexibility index (Phi) is 4.08. The van der Waals surface area contributed by atoms with Crippen LogP contribution in [0.3, 0.4) is 0 Å². The molecule has 2 aromatic rings. The van der Waals surface area contributed by atoms with Crippen LogP contribution in [0.25, 0.3) is 11.1 Å². The van der Waals surface area contributed by atoms with Crippen LogP contribution in [0.15, 0.2) is 30.5 Å². The van der Waals surface area contributed by atoms with E-state index in [1.807, 2.05) is 0 Å². The summed E-state index contributed by atoms with van der Waals surface area (Å²) >= 11 is 18.2. The molecule has 1 heterocycles. The minimum absolute atomic E-state index is 0.237. The molecule has 0 N–H and O–H groups in total. The molecule has 0 bridgehead atoms. The topological polar surface area (TPSA) is 36.7 Å². The molecule has 0 radical (unpaired) electrons. The minimum Gasteiger partial charge on any atom is -0.244 e. The maximum atomic E-state index is 8.83. The summed E-state index contributed by atoms with van der Waals surface area (Å²) in [7, 11) is 0. The lowest BCUT2D eigenvalue weighted by atomic mass is 10.0. The first kappa shape index (κ1) is 13.2. The van der Waals surface area contributed by atoms with Crippen LogP contribution in [0.5, 0.6) is 0 Å². The van der Waals surface area contributed by atoms with E-state index in [0.29, 0.717) is 26.3 Å². The van der Waals surface area contributed by atoms with Crippen molar-refractivity contribution in [2.75, 3.05) is 0 Å². The monoisotopic (exact) mass is 296 g/mol. The van der Waals surface area contributed by atoms with E-state index in [2.05, 4.69) is 11.1 Å². The lowest BCUT2D eigenvalue weighted by Crippen LogP contribution is -1.93. The van der Waals surface area contributed by atoms with Crippen molar-refractivity contribution in [2.45, 2.75) is 6.42 Å². The maximum absolute atomic E-state index is 8.83. The third kappa shape index (κ3) is 2.59. The smallest absolute Gasteiger partial charge is 0.137 e. The minimum atomic E-state index is 0.237. The number of aromatic nitrogens is 1. The second-order valence-corrected chi connectivity index (χ2v) is 4.80. The summed E-state index contributed by atoms with van der Waals surface area (Å²) in [5.74, 6) is 0. The third-order valence-electron chi connectivity index (χ3n) is 2.46. The van der Waals surface area contributed by atoms with E-state index >= 15 is 0 Å². The molecular weight excluding hydrogens is 291 g/mol. The summed E-state index contributed by atoms with van der Waals surface area (Å²) < 4.78 is 0. The molecule has 0 fully saturated rings. The molecule has 0 saturated heterocycles. The van der Waals surface area contributed by atoms with Crippen molar-refractivity contribution in [2.24, 2.45) is 0 Å². The molecule has 1 aromatic carbocycles.